The van der Waals surface area contributed by atoms with Crippen molar-refractivity contribution >= 4 is 33.5 Å². The number of methoxy groups -OCH3 is 1. The Bertz CT molecular complexity index is 992. The van der Waals surface area contributed by atoms with Crippen LogP contribution in [0.3, 0.4) is 0 Å². The number of phenols is 1. The third-order valence-corrected chi connectivity index (χ3v) is 5.15. The summed E-state index contributed by atoms with van der Waals surface area (Å²) in [5, 5.41) is 16.3. The minimum atomic E-state index is 0.0981. The van der Waals surface area contributed by atoms with Crippen LogP contribution in [-0.4, -0.2) is 30.2 Å². The number of ether oxygens (including phenoxy) is 1. The van der Waals surface area contributed by atoms with E-state index >= 15 is 0 Å². The molecular weight excluding hydrogens is 402 g/mol. The standard InChI is InChI=1S/C18H16BrN3O2S/c1-20-18-22(15(11-25-18)13-5-3-4-6-14(13)19)21-10-12-7-8-16(23)17(9-12)24-2/h3-11,23H,1-2H3. The van der Waals surface area contributed by atoms with Gasteiger partial charge in [-0.25, -0.2) is 4.68 Å². The molecule has 0 saturated carbocycles. The van der Waals surface area contributed by atoms with Gasteiger partial charge in [0.15, 0.2) is 11.5 Å². The van der Waals surface area contributed by atoms with E-state index in [1.54, 1.807) is 36.1 Å². The smallest absolute Gasteiger partial charge is 0.205 e. The van der Waals surface area contributed by atoms with Crippen molar-refractivity contribution in [1.29, 1.82) is 0 Å². The van der Waals surface area contributed by atoms with E-state index in [4.69, 9.17) is 4.74 Å². The second-order valence-electron chi connectivity index (χ2n) is 5.09. The van der Waals surface area contributed by atoms with E-state index in [1.807, 2.05) is 29.6 Å². The quantitative estimate of drug-likeness (QED) is 0.649. The third-order valence-electron chi connectivity index (χ3n) is 3.55. The maximum atomic E-state index is 9.70. The first-order valence-electron chi connectivity index (χ1n) is 7.43. The summed E-state index contributed by atoms with van der Waals surface area (Å²) in [7, 11) is 3.26. The Morgan fingerprint density at radius 3 is 2.76 bits per heavy atom. The molecule has 128 valence electrons. The van der Waals surface area contributed by atoms with Gasteiger partial charge >= 0.3 is 0 Å². The fraction of sp³-hybridized carbons (Fsp3) is 0.111. The van der Waals surface area contributed by atoms with Crippen molar-refractivity contribution in [3.05, 3.63) is 62.7 Å². The lowest BCUT2D eigenvalue weighted by atomic mass is 10.2. The highest BCUT2D eigenvalue weighted by Gasteiger charge is 2.10. The van der Waals surface area contributed by atoms with Crippen LogP contribution in [0.15, 0.2) is 62.4 Å². The number of hydrogen-bond donors (Lipinski definition) is 1. The molecule has 2 aromatic carbocycles. The number of phenolic OH excluding ortho intramolecular Hbond substituents is 1. The number of nitrogens with zero attached hydrogens (tertiary/aromatic N) is 3. The molecular formula is C18H16BrN3O2S. The van der Waals surface area contributed by atoms with Gasteiger partial charge in [-0.3, -0.25) is 4.99 Å². The van der Waals surface area contributed by atoms with Gasteiger partial charge in [-0.1, -0.05) is 34.1 Å². The van der Waals surface area contributed by atoms with Gasteiger partial charge in [-0.15, -0.1) is 11.3 Å². The van der Waals surface area contributed by atoms with Gasteiger partial charge in [-0.05, 0) is 29.8 Å². The van der Waals surface area contributed by atoms with Crippen LogP contribution in [0.25, 0.3) is 11.3 Å². The topological polar surface area (TPSA) is 59.1 Å². The summed E-state index contributed by atoms with van der Waals surface area (Å²) in [4.78, 5) is 5.08. The summed E-state index contributed by atoms with van der Waals surface area (Å²) >= 11 is 5.11. The Balaban J connectivity index is 2.06. The van der Waals surface area contributed by atoms with E-state index in [-0.39, 0.29) is 5.75 Å². The van der Waals surface area contributed by atoms with Crippen LogP contribution >= 0.6 is 27.3 Å². The predicted octanol–water partition coefficient (Wildman–Crippen LogP) is 4.11. The molecule has 25 heavy (non-hydrogen) atoms. The van der Waals surface area contributed by atoms with Crippen LogP contribution in [0, 0.1) is 0 Å². The van der Waals surface area contributed by atoms with Crippen LogP contribution < -0.4 is 9.54 Å². The van der Waals surface area contributed by atoms with Crippen molar-refractivity contribution < 1.29 is 9.84 Å². The molecule has 1 N–H and O–H groups in total. The molecule has 5 nitrogen and oxygen atoms in total. The SMILES string of the molecule is CN=c1scc(-c2ccccc2Br)n1N=Cc1ccc(O)c(OC)c1. The first-order valence-corrected chi connectivity index (χ1v) is 9.11. The molecule has 0 radical (unpaired) electrons. The molecule has 0 saturated heterocycles. The zero-order valence-corrected chi connectivity index (χ0v) is 16.1. The van der Waals surface area contributed by atoms with E-state index in [1.165, 1.54) is 18.4 Å². The molecule has 0 aliphatic heterocycles. The molecule has 0 fully saturated rings. The molecule has 1 heterocycles. The highest BCUT2D eigenvalue weighted by Crippen LogP contribution is 2.28. The van der Waals surface area contributed by atoms with Crippen molar-refractivity contribution in [1.82, 2.24) is 4.68 Å². The highest BCUT2D eigenvalue weighted by molar-refractivity contribution is 9.10. The number of aromatic hydroxyl groups is 1. The molecule has 0 aliphatic rings. The molecule has 0 amide bonds. The summed E-state index contributed by atoms with van der Waals surface area (Å²) in [6, 6.07) is 13.1. The maximum absolute atomic E-state index is 9.70. The third kappa shape index (κ3) is 3.67. The molecule has 0 bridgehead atoms. The lowest BCUT2D eigenvalue weighted by Crippen LogP contribution is -2.11. The van der Waals surface area contributed by atoms with Gasteiger partial charge in [0, 0.05) is 22.5 Å². The van der Waals surface area contributed by atoms with Crippen LogP contribution in [0.2, 0.25) is 0 Å². The van der Waals surface area contributed by atoms with Crippen molar-refractivity contribution in [3.63, 3.8) is 0 Å². The fourth-order valence-corrected chi connectivity index (χ4v) is 3.60. The molecule has 0 aliphatic carbocycles. The monoisotopic (exact) mass is 417 g/mol. The number of hydrogen-bond acceptors (Lipinski definition) is 5. The number of aromatic nitrogens is 1. The zero-order chi connectivity index (χ0) is 17.8. The Morgan fingerprint density at radius 1 is 1.24 bits per heavy atom. The normalized spacial score (nSPS) is 12.0. The lowest BCUT2D eigenvalue weighted by Gasteiger charge is -2.06. The summed E-state index contributed by atoms with van der Waals surface area (Å²) in [6.07, 6.45) is 1.71. The largest absolute Gasteiger partial charge is 0.504 e. The van der Waals surface area contributed by atoms with Crippen molar-refractivity contribution in [2.75, 3.05) is 14.2 Å². The van der Waals surface area contributed by atoms with Crippen LogP contribution in [-0.2, 0) is 0 Å². The van der Waals surface area contributed by atoms with E-state index < -0.39 is 0 Å². The van der Waals surface area contributed by atoms with Gasteiger partial charge in [0.05, 0.1) is 19.0 Å². The number of benzene rings is 2. The van der Waals surface area contributed by atoms with Gasteiger partial charge in [0.25, 0.3) is 0 Å². The maximum Gasteiger partial charge on any atom is 0.205 e. The predicted molar refractivity (Wildman–Crippen MR) is 105 cm³/mol. The minimum absolute atomic E-state index is 0.0981. The number of rotatable bonds is 4. The fourth-order valence-electron chi connectivity index (χ4n) is 2.32. The Kier molecular flexibility index (Phi) is 5.35. The highest BCUT2D eigenvalue weighted by atomic mass is 79.9. The lowest BCUT2D eigenvalue weighted by molar-refractivity contribution is 0.373. The Hall–Kier alpha value is -2.38. The molecule has 7 heteroatoms. The van der Waals surface area contributed by atoms with Crippen LogP contribution in [0.4, 0.5) is 0 Å². The van der Waals surface area contributed by atoms with E-state index in [9.17, 15) is 5.11 Å². The molecule has 3 aromatic rings. The Morgan fingerprint density at radius 2 is 2.04 bits per heavy atom. The first kappa shape index (κ1) is 17.4. The zero-order valence-electron chi connectivity index (χ0n) is 13.7. The van der Waals surface area contributed by atoms with Gasteiger partial charge in [0.2, 0.25) is 4.80 Å². The van der Waals surface area contributed by atoms with Gasteiger partial charge in [0.1, 0.15) is 0 Å². The van der Waals surface area contributed by atoms with Crippen LogP contribution in [0.1, 0.15) is 5.56 Å². The first-order chi connectivity index (χ1) is 12.1. The summed E-state index contributed by atoms with van der Waals surface area (Å²) in [5.41, 5.74) is 2.79. The van der Waals surface area contributed by atoms with E-state index in [0.29, 0.717) is 5.75 Å². The van der Waals surface area contributed by atoms with Gasteiger partial charge in [-0.2, -0.15) is 5.10 Å². The molecule has 3 rings (SSSR count). The average molecular weight is 418 g/mol. The number of halogens is 1. The second-order valence-corrected chi connectivity index (χ2v) is 6.79. The van der Waals surface area contributed by atoms with Gasteiger partial charge < -0.3 is 9.84 Å². The molecule has 1 aromatic heterocycles. The van der Waals surface area contributed by atoms with E-state index in [0.717, 1.165) is 26.1 Å². The summed E-state index contributed by atoms with van der Waals surface area (Å²) < 4.78 is 7.92. The van der Waals surface area contributed by atoms with E-state index in [2.05, 4.69) is 26.0 Å². The van der Waals surface area contributed by atoms with Crippen molar-refractivity contribution in [2.45, 2.75) is 0 Å². The van der Waals surface area contributed by atoms with Crippen LogP contribution in [0.5, 0.6) is 11.5 Å². The molecule has 0 spiro atoms. The molecule has 0 atom stereocenters. The van der Waals surface area contributed by atoms with Crippen molar-refractivity contribution in [2.24, 2.45) is 10.1 Å². The second kappa shape index (κ2) is 7.67. The van der Waals surface area contributed by atoms with Crippen molar-refractivity contribution in [3.8, 4) is 22.8 Å². The number of thiazole rings is 1. The Labute approximate surface area is 157 Å². The minimum Gasteiger partial charge on any atom is -0.504 e. The molecule has 0 unspecified atom stereocenters. The average Bonchev–Trinajstić information content (AvgIpc) is 3.04. The summed E-state index contributed by atoms with van der Waals surface area (Å²) in [6.45, 7) is 0. The summed E-state index contributed by atoms with van der Waals surface area (Å²) in [5.74, 6) is 0.506.